The second-order valence-electron chi connectivity index (χ2n) is 5.68. The largest absolute Gasteiger partial charge is 0.297 e. The molecular weight excluding hydrogens is 272 g/mol. The van der Waals surface area contributed by atoms with E-state index >= 15 is 0 Å². The van der Waals surface area contributed by atoms with Gasteiger partial charge in [0.2, 0.25) is 0 Å². The van der Waals surface area contributed by atoms with E-state index in [2.05, 4.69) is 39.1 Å². The SMILES string of the molecule is N#Cc1ccc(CN2CCN(Cc3ccccn3)CC2)cc1. The highest BCUT2D eigenvalue weighted by Gasteiger charge is 2.17. The standard InChI is InChI=1S/C18H20N4/c19-13-16-4-6-17(7-5-16)14-21-9-11-22(12-10-21)15-18-3-1-2-8-20-18/h1-8H,9-12,14-15H2. The van der Waals surface area contributed by atoms with Gasteiger partial charge in [-0.3, -0.25) is 14.8 Å². The summed E-state index contributed by atoms with van der Waals surface area (Å²) in [6, 6.07) is 16.1. The van der Waals surface area contributed by atoms with E-state index in [1.807, 2.05) is 30.5 Å². The molecule has 2 aromatic rings. The Labute approximate surface area is 131 Å². The van der Waals surface area contributed by atoms with Crippen LogP contribution in [0.3, 0.4) is 0 Å². The third-order valence-corrected chi connectivity index (χ3v) is 4.07. The monoisotopic (exact) mass is 292 g/mol. The van der Waals surface area contributed by atoms with Gasteiger partial charge in [0.15, 0.2) is 0 Å². The van der Waals surface area contributed by atoms with Crippen molar-refractivity contribution in [3.63, 3.8) is 0 Å². The molecule has 1 fully saturated rings. The minimum atomic E-state index is 0.726. The third-order valence-electron chi connectivity index (χ3n) is 4.07. The van der Waals surface area contributed by atoms with Crippen molar-refractivity contribution in [3.05, 3.63) is 65.5 Å². The Hall–Kier alpha value is -2.22. The number of rotatable bonds is 4. The maximum Gasteiger partial charge on any atom is 0.0991 e. The summed E-state index contributed by atoms with van der Waals surface area (Å²) in [4.78, 5) is 9.32. The highest BCUT2D eigenvalue weighted by Crippen LogP contribution is 2.11. The van der Waals surface area contributed by atoms with Crippen LogP contribution in [0.2, 0.25) is 0 Å². The number of nitrogens with zero attached hydrogens (tertiary/aromatic N) is 4. The van der Waals surface area contributed by atoms with E-state index < -0.39 is 0 Å². The minimum absolute atomic E-state index is 0.726. The number of aromatic nitrogens is 1. The molecule has 0 aliphatic carbocycles. The molecule has 0 spiro atoms. The van der Waals surface area contributed by atoms with E-state index in [4.69, 9.17) is 5.26 Å². The molecule has 0 radical (unpaired) electrons. The van der Waals surface area contributed by atoms with Gasteiger partial charge in [0.25, 0.3) is 0 Å². The number of piperazine rings is 1. The van der Waals surface area contributed by atoms with Gasteiger partial charge in [-0.1, -0.05) is 18.2 Å². The summed E-state index contributed by atoms with van der Waals surface area (Å²) >= 11 is 0. The summed E-state index contributed by atoms with van der Waals surface area (Å²) in [7, 11) is 0. The molecule has 1 aromatic heterocycles. The first kappa shape index (κ1) is 14.7. The summed E-state index contributed by atoms with van der Waals surface area (Å²) in [5, 5.41) is 8.83. The number of pyridine rings is 1. The molecular formula is C18H20N4. The van der Waals surface area contributed by atoms with Gasteiger partial charge < -0.3 is 0 Å². The molecule has 4 nitrogen and oxygen atoms in total. The van der Waals surface area contributed by atoms with E-state index in [1.54, 1.807) is 0 Å². The van der Waals surface area contributed by atoms with Crippen LogP contribution in [-0.2, 0) is 13.1 Å². The van der Waals surface area contributed by atoms with E-state index in [0.717, 1.165) is 50.5 Å². The smallest absolute Gasteiger partial charge is 0.0991 e. The average molecular weight is 292 g/mol. The van der Waals surface area contributed by atoms with Crippen LogP contribution in [-0.4, -0.2) is 41.0 Å². The van der Waals surface area contributed by atoms with Crippen LogP contribution in [0.4, 0.5) is 0 Å². The van der Waals surface area contributed by atoms with Crippen molar-refractivity contribution in [2.45, 2.75) is 13.1 Å². The first-order chi connectivity index (χ1) is 10.8. The second-order valence-corrected chi connectivity index (χ2v) is 5.68. The Morgan fingerprint density at radius 2 is 1.59 bits per heavy atom. The lowest BCUT2D eigenvalue weighted by molar-refractivity contribution is 0.121. The molecule has 22 heavy (non-hydrogen) atoms. The van der Waals surface area contributed by atoms with Crippen molar-refractivity contribution in [2.75, 3.05) is 26.2 Å². The Bertz CT molecular complexity index is 622. The van der Waals surface area contributed by atoms with E-state index in [-0.39, 0.29) is 0 Å². The van der Waals surface area contributed by atoms with E-state index in [0.29, 0.717) is 0 Å². The van der Waals surface area contributed by atoms with E-state index in [1.165, 1.54) is 5.56 Å². The predicted octanol–water partition coefficient (Wildman–Crippen LogP) is 2.27. The normalized spacial score (nSPS) is 16.3. The van der Waals surface area contributed by atoms with Crippen LogP contribution in [0.15, 0.2) is 48.7 Å². The molecule has 0 bridgehead atoms. The van der Waals surface area contributed by atoms with Crippen LogP contribution in [0.1, 0.15) is 16.8 Å². The van der Waals surface area contributed by atoms with Crippen molar-refractivity contribution in [3.8, 4) is 6.07 Å². The molecule has 0 atom stereocenters. The minimum Gasteiger partial charge on any atom is -0.297 e. The number of nitriles is 1. The highest BCUT2D eigenvalue weighted by atomic mass is 15.3. The van der Waals surface area contributed by atoms with Crippen LogP contribution in [0, 0.1) is 11.3 Å². The topological polar surface area (TPSA) is 43.2 Å². The molecule has 112 valence electrons. The second kappa shape index (κ2) is 7.17. The molecule has 1 saturated heterocycles. The van der Waals surface area contributed by atoms with Gasteiger partial charge in [-0.15, -0.1) is 0 Å². The van der Waals surface area contributed by atoms with Gasteiger partial charge in [0, 0.05) is 45.5 Å². The molecule has 0 unspecified atom stereocenters. The zero-order valence-corrected chi connectivity index (χ0v) is 12.7. The summed E-state index contributed by atoms with van der Waals surface area (Å²) in [6.07, 6.45) is 1.86. The summed E-state index contributed by atoms with van der Waals surface area (Å²) in [5.74, 6) is 0. The van der Waals surface area contributed by atoms with E-state index in [9.17, 15) is 0 Å². The fourth-order valence-corrected chi connectivity index (χ4v) is 2.77. The Morgan fingerprint density at radius 3 is 2.18 bits per heavy atom. The lowest BCUT2D eigenvalue weighted by atomic mass is 10.1. The van der Waals surface area contributed by atoms with Gasteiger partial charge in [-0.2, -0.15) is 5.26 Å². The zero-order valence-electron chi connectivity index (χ0n) is 12.7. The molecule has 2 heterocycles. The first-order valence-corrected chi connectivity index (χ1v) is 7.67. The molecule has 1 aromatic carbocycles. The molecule has 0 N–H and O–H groups in total. The predicted molar refractivity (Wildman–Crippen MR) is 85.9 cm³/mol. The third kappa shape index (κ3) is 3.91. The number of benzene rings is 1. The van der Waals surface area contributed by atoms with Gasteiger partial charge in [0.1, 0.15) is 0 Å². The van der Waals surface area contributed by atoms with Crippen LogP contribution < -0.4 is 0 Å². The lowest BCUT2D eigenvalue weighted by Gasteiger charge is -2.34. The average Bonchev–Trinajstić information content (AvgIpc) is 2.58. The maximum atomic E-state index is 8.83. The first-order valence-electron chi connectivity index (χ1n) is 7.67. The Morgan fingerprint density at radius 1 is 0.909 bits per heavy atom. The van der Waals surface area contributed by atoms with Crippen LogP contribution in [0.25, 0.3) is 0 Å². The van der Waals surface area contributed by atoms with Crippen molar-refractivity contribution in [2.24, 2.45) is 0 Å². The molecule has 1 aliphatic heterocycles. The van der Waals surface area contributed by atoms with Crippen molar-refractivity contribution < 1.29 is 0 Å². The maximum absolute atomic E-state index is 8.83. The summed E-state index contributed by atoms with van der Waals surface area (Å²) in [6.45, 7) is 6.20. The quantitative estimate of drug-likeness (QED) is 0.867. The molecule has 4 heteroatoms. The molecule has 3 rings (SSSR count). The van der Waals surface area contributed by atoms with Gasteiger partial charge >= 0.3 is 0 Å². The number of hydrogen-bond acceptors (Lipinski definition) is 4. The fourth-order valence-electron chi connectivity index (χ4n) is 2.77. The lowest BCUT2D eigenvalue weighted by Crippen LogP contribution is -2.45. The Kier molecular flexibility index (Phi) is 4.79. The summed E-state index contributed by atoms with van der Waals surface area (Å²) in [5.41, 5.74) is 3.14. The van der Waals surface area contributed by atoms with Crippen molar-refractivity contribution in [1.82, 2.24) is 14.8 Å². The van der Waals surface area contributed by atoms with Crippen LogP contribution in [0.5, 0.6) is 0 Å². The fraction of sp³-hybridized carbons (Fsp3) is 0.333. The summed E-state index contributed by atoms with van der Waals surface area (Å²) < 4.78 is 0. The molecule has 0 saturated carbocycles. The Balaban J connectivity index is 1.48. The molecule has 0 amide bonds. The highest BCUT2D eigenvalue weighted by molar-refractivity contribution is 5.31. The number of hydrogen-bond donors (Lipinski definition) is 0. The zero-order chi connectivity index (χ0) is 15.2. The van der Waals surface area contributed by atoms with Crippen molar-refractivity contribution in [1.29, 1.82) is 5.26 Å². The van der Waals surface area contributed by atoms with Gasteiger partial charge in [-0.25, -0.2) is 0 Å². The van der Waals surface area contributed by atoms with Crippen molar-refractivity contribution >= 4 is 0 Å². The van der Waals surface area contributed by atoms with Crippen LogP contribution >= 0.6 is 0 Å². The van der Waals surface area contributed by atoms with Gasteiger partial charge in [-0.05, 0) is 29.8 Å². The van der Waals surface area contributed by atoms with Gasteiger partial charge in [0.05, 0.1) is 17.3 Å². The molecule has 1 aliphatic rings.